The Kier molecular flexibility index (Phi) is 15.4. The summed E-state index contributed by atoms with van der Waals surface area (Å²) in [6.07, 6.45) is 13.9. The van der Waals surface area contributed by atoms with Crippen LogP contribution in [0.25, 0.3) is 0 Å². The molecule has 0 radical (unpaired) electrons. The summed E-state index contributed by atoms with van der Waals surface area (Å²) in [5.41, 5.74) is 1.33. The molecule has 0 spiro atoms. The predicted molar refractivity (Wildman–Crippen MR) is 139 cm³/mol. The highest BCUT2D eigenvalue weighted by atomic mass is 28.4. The first kappa shape index (κ1) is 29.3. The van der Waals surface area contributed by atoms with E-state index in [-0.39, 0.29) is 0 Å². The smallest absolute Gasteiger partial charge is 0.370 e. The molecular weight excluding hydrogens is 414 g/mol. The number of hydrogen-bond donors (Lipinski definition) is 0. The number of rotatable bonds is 20. The zero-order valence-electron chi connectivity index (χ0n) is 22.1. The molecule has 0 amide bonds. The second kappa shape index (κ2) is 16.8. The molecule has 0 saturated heterocycles. The molecule has 186 valence electrons. The molecule has 0 unspecified atom stereocenters. The van der Waals surface area contributed by atoms with Crippen molar-refractivity contribution in [3.63, 3.8) is 0 Å². The van der Waals surface area contributed by atoms with Crippen molar-refractivity contribution in [2.75, 3.05) is 40.5 Å². The fourth-order valence-corrected chi connectivity index (χ4v) is 6.96. The Morgan fingerprint density at radius 1 is 0.688 bits per heavy atom. The van der Waals surface area contributed by atoms with Gasteiger partial charge in [-0.1, -0.05) is 76.5 Å². The van der Waals surface area contributed by atoms with Crippen LogP contribution in [0.5, 0.6) is 0 Å². The zero-order valence-corrected chi connectivity index (χ0v) is 23.1. The minimum absolute atomic E-state index is 0.594. The fraction of sp³-hybridized carbons (Fsp3) is 0.778. The molecule has 1 aromatic rings. The highest BCUT2D eigenvalue weighted by molar-refractivity contribution is 6.75. The molecule has 32 heavy (non-hydrogen) atoms. The summed E-state index contributed by atoms with van der Waals surface area (Å²) in [6.45, 7) is 12.3. The minimum atomic E-state index is -2.84. The Morgan fingerprint density at radius 3 is 1.69 bits per heavy atom. The average Bonchev–Trinajstić information content (AvgIpc) is 2.75. The molecule has 4 nitrogen and oxygen atoms in total. The summed E-state index contributed by atoms with van der Waals surface area (Å²) in [4.78, 5) is 0. The van der Waals surface area contributed by atoms with Crippen molar-refractivity contribution in [3.05, 3.63) is 29.8 Å². The summed E-state index contributed by atoms with van der Waals surface area (Å²) < 4.78 is 19.3. The number of benzene rings is 1. The van der Waals surface area contributed by atoms with Gasteiger partial charge in [-0.15, -0.1) is 0 Å². The molecular formula is C27H52NO3Si+. The van der Waals surface area contributed by atoms with Crippen LogP contribution in [-0.4, -0.2) is 53.7 Å². The Morgan fingerprint density at radius 2 is 1.19 bits per heavy atom. The van der Waals surface area contributed by atoms with Crippen LogP contribution in [0.4, 0.5) is 0 Å². The maximum absolute atomic E-state index is 6.11. The third-order valence-electron chi connectivity index (χ3n) is 6.01. The molecule has 1 rings (SSSR count). The van der Waals surface area contributed by atoms with Crippen LogP contribution in [0.15, 0.2) is 24.3 Å². The summed E-state index contributed by atoms with van der Waals surface area (Å²) in [5.74, 6) is 0. The standard InChI is InChI=1S/C27H52NO3Si/c1-7-11-12-13-14-15-16-17-18-19-23-28(5,6)25-26-21-20-22-27(24-26)32(29-8-2,30-9-3)31-10-4/h20-22,24H,7-19,23,25H2,1-6H3/q+1. The van der Waals surface area contributed by atoms with Crippen molar-refractivity contribution < 1.29 is 17.8 Å². The normalized spacial score (nSPS) is 12.4. The summed E-state index contributed by atoms with van der Waals surface area (Å²) in [6, 6.07) is 8.72. The first-order valence-electron chi connectivity index (χ1n) is 13.3. The largest absolute Gasteiger partial charge is 0.537 e. The third kappa shape index (κ3) is 11.4. The molecule has 0 fully saturated rings. The van der Waals surface area contributed by atoms with Gasteiger partial charge in [-0.3, -0.25) is 0 Å². The quantitative estimate of drug-likeness (QED) is 0.126. The van der Waals surface area contributed by atoms with Crippen molar-refractivity contribution in [1.82, 2.24) is 0 Å². The summed E-state index contributed by atoms with van der Waals surface area (Å²) in [7, 11) is 1.85. The van der Waals surface area contributed by atoms with E-state index in [4.69, 9.17) is 13.3 Å². The van der Waals surface area contributed by atoms with Gasteiger partial charge >= 0.3 is 8.80 Å². The second-order valence-electron chi connectivity index (χ2n) is 9.56. The van der Waals surface area contributed by atoms with Crippen molar-refractivity contribution in [2.45, 2.75) is 98.4 Å². The van der Waals surface area contributed by atoms with Crippen LogP contribution >= 0.6 is 0 Å². The summed E-state index contributed by atoms with van der Waals surface area (Å²) in [5, 5.41) is 1.08. The molecule has 0 aliphatic heterocycles. The minimum Gasteiger partial charge on any atom is -0.370 e. The first-order chi connectivity index (χ1) is 15.4. The Hall–Kier alpha value is -0.723. The van der Waals surface area contributed by atoms with Crippen molar-refractivity contribution in [2.24, 2.45) is 0 Å². The maximum Gasteiger partial charge on any atom is 0.537 e. The number of nitrogens with zero attached hydrogens (tertiary/aromatic N) is 1. The van der Waals surface area contributed by atoms with Gasteiger partial charge < -0.3 is 17.8 Å². The van der Waals surface area contributed by atoms with E-state index in [9.17, 15) is 0 Å². The molecule has 0 atom stereocenters. The SMILES string of the molecule is CCCCCCCCCCCC[N+](C)(C)Cc1cccc([Si](OCC)(OCC)OCC)c1. The van der Waals surface area contributed by atoms with Crippen LogP contribution in [0.1, 0.15) is 97.5 Å². The van der Waals surface area contributed by atoms with Crippen LogP contribution in [-0.2, 0) is 19.8 Å². The summed E-state index contributed by atoms with van der Waals surface area (Å²) >= 11 is 0. The Labute approximate surface area is 200 Å². The van der Waals surface area contributed by atoms with E-state index in [0.717, 1.165) is 16.2 Å². The predicted octanol–water partition coefficient (Wildman–Crippen LogP) is 6.44. The average molecular weight is 467 g/mol. The van der Waals surface area contributed by atoms with Gasteiger partial charge in [0, 0.05) is 30.6 Å². The lowest BCUT2D eigenvalue weighted by Gasteiger charge is -2.31. The van der Waals surface area contributed by atoms with E-state index >= 15 is 0 Å². The molecule has 1 aromatic carbocycles. The van der Waals surface area contributed by atoms with E-state index in [2.05, 4.69) is 45.3 Å². The van der Waals surface area contributed by atoms with Gasteiger partial charge in [0.05, 0.1) is 20.6 Å². The van der Waals surface area contributed by atoms with Crippen molar-refractivity contribution >= 4 is 14.0 Å². The topological polar surface area (TPSA) is 27.7 Å². The lowest BCUT2D eigenvalue weighted by molar-refractivity contribution is -0.903. The van der Waals surface area contributed by atoms with Gasteiger partial charge in [0.15, 0.2) is 0 Å². The van der Waals surface area contributed by atoms with Crippen LogP contribution in [0.3, 0.4) is 0 Å². The molecule has 0 saturated carbocycles. The Bertz CT molecular complexity index is 577. The number of unbranched alkanes of at least 4 members (excludes halogenated alkanes) is 9. The van der Waals surface area contributed by atoms with E-state index in [0.29, 0.717) is 19.8 Å². The van der Waals surface area contributed by atoms with Gasteiger partial charge in [0.25, 0.3) is 0 Å². The molecule has 0 aliphatic carbocycles. The lowest BCUT2D eigenvalue weighted by Crippen LogP contribution is -2.57. The van der Waals surface area contributed by atoms with E-state index in [1.54, 1.807) is 0 Å². The number of quaternary nitrogens is 1. The van der Waals surface area contributed by atoms with Crippen LogP contribution in [0, 0.1) is 0 Å². The molecule has 0 N–H and O–H groups in total. The third-order valence-corrected chi connectivity index (χ3v) is 9.04. The molecule has 0 aromatic heterocycles. The first-order valence-corrected chi connectivity index (χ1v) is 15.0. The van der Waals surface area contributed by atoms with Crippen molar-refractivity contribution in [1.29, 1.82) is 0 Å². The van der Waals surface area contributed by atoms with E-state index in [1.165, 1.54) is 76.3 Å². The van der Waals surface area contributed by atoms with Crippen LogP contribution in [0.2, 0.25) is 0 Å². The lowest BCUT2D eigenvalue weighted by atomic mass is 10.1. The van der Waals surface area contributed by atoms with Gasteiger partial charge in [0.1, 0.15) is 6.54 Å². The van der Waals surface area contributed by atoms with Gasteiger partial charge in [-0.05, 0) is 39.7 Å². The molecule has 0 aliphatic rings. The highest BCUT2D eigenvalue weighted by Gasteiger charge is 2.43. The maximum atomic E-state index is 6.11. The van der Waals surface area contributed by atoms with E-state index < -0.39 is 8.80 Å². The van der Waals surface area contributed by atoms with Gasteiger partial charge in [-0.25, -0.2) is 0 Å². The van der Waals surface area contributed by atoms with Gasteiger partial charge in [0.2, 0.25) is 0 Å². The fourth-order valence-electron chi connectivity index (χ4n) is 4.41. The van der Waals surface area contributed by atoms with Crippen molar-refractivity contribution in [3.8, 4) is 0 Å². The molecule has 0 bridgehead atoms. The van der Waals surface area contributed by atoms with Crippen LogP contribution < -0.4 is 5.19 Å². The molecule has 5 heteroatoms. The highest BCUT2D eigenvalue weighted by Crippen LogP contribution is 2.16. The second-order valence-corrected chi connectivity index (χ2v) is 12.1. The molecule has 0 heterocycles. The van der Waals surface area contributed by atoms with E-state index in [1.807, 2.05) is 20.8 Å². The zero-order chi connectivity index (χ0) is 23.7. The monoisotopic (exact) mass is 466 g/mol. The van der Waals surface area contributed by atoms with Gasteiger partial charge in [-0.2, -0.15) is 0 Å². The Balaban J connectivity index is 2.53. The number of hydrogen-bond acceptors (Lipinski definition) is 3.